The van der Waals surface area contributed by atoms with Crippen LogP contribution in [0.3, 0.4) is 0 Å². The number of methoxy groups -OCH3 is 1. The summed E-state index contributed by atoms with van der Waals surface area (Å²) < 4.78 is 4.69. The van der Waals surface area contributed by atoms with Gasteiger partial charge >= 0.3 is 5.97 Å². The van der Waals surface area contributed by atoms with E-state index in [1.54, 1.807) is 18.3 Å². The van der Waals surface area contributed by atoms with E-state index in [4.69, 9.17) is 10.5 Å². The lowest BCUT2D eigenvalue weighted by atomic mass is 10.1. The molecule has 0 radical (unpaired) electrons. The van der Waals surface area contributed by atoms with Crippen LogP contribution in [-0.4, -0.2) is 37.2 Å². The third-order valence-corrected chi connectivity index (χ3v) is 3.03. The number of carbonyl (C=O) groups is 1. The molecule has 0 aromatic carbocycles. The highest BCUT2D eigenvalue weighted by Crippen LogP contribution is 2.18. The second-order valence-electron chi connectivity index (χ2n) is 4.22. The summed E-state index contributed by atoms with van der Waals surface area (Å²) in [6.07, 6.45) is 3.56. The molecule has 1 aromatic rings. The second-order valence-corrected chi connectivity index (χ2v) is 4.22. The van der Waals surface area contributed by atoms with Crippen LogP contribution >= 0.6 is 0 Å². The average Bonchev–Trinajstić information content (AvgIpc) is 2.39. The molecular formula is C12H17N3O2. The molecule has 0 atom stereocenters. The van der Waals surface area contributed by atoms with Crippen LogP contribution in [0.1, 0.15) is 23.2 Å². The molecule has 1 aliphatic heterocycles. The van der Waals surface area contributed by atoms with Crippen molar-refractivity contribution in [1.82, 2.24) is 4.98 Å². The van der Waals surface area contributed by atoms with Gasteiger partial charge in [0.15, 0.2) is 0 Å². The summed E-state index contributed by atoms with van der Waals surface area (Å²) in [5.41, 5.74) is 6.39. The maximum atomic E-state index is 11.4. The van der Waals surface area contributed by atoms with E-state index in [-0.39, 0.29) is 12.0 Å². The number of aromatic nitrogens is 1. The number of rotatable bonds is 2. The molecule has 0 bridgehead atoms. The SMILES string of the molecule is COC(=O)c1ccnc(N2CCC(N)CC2)c1. The fourth-order valence-electron chi connectivity index (χ4n) is 1.96. The van der Waals surface area contributed by atoms with Crippen molar-refractivity contribution >= 4 is 11.8 Å². The van der Waals surface area contributed by atoms with Gasteiger partial charge in [0, 0.05) is 25.3 Å². The Bertz CT molecular complexity index is 400. The molecule has 1 fully saturated rings. The molecule has 0 aliphatic carbocycles. The molecule has 0 unspecified atom stereocenters. The summed E-state index contributed by atoms with van der Waals surface area (Å²) in [6.45, 7) is 1.78. The number of carbonyl (C=O) groups excluding carboxylic acids is 1. The van der Waals surface area contributed by atoms with Gasteiger partial charge in [-0.1, -0.05) is 0 Å². The number of nitrogens with two attached hydrogens (primary N) is 1. The molecule has 1 aliphatic rings. The van der Waals surface area contributed by atoms with E-state index in [9.17, 15) is 4.79 Å². The van der Waals surface area contributed by atoms with Crippen LogP contribution in [-0.2, 0) is 4.74 Å². The Morgan fingerprint density at radius 1 is 1.53 bits per heavy atom. The minimum absolute atomic E-state index is 0.287. The van der Waals surface area contributed by atoms with Gasteiger partial charge in [0.25, 0.3) is 0 Å². The Balaban J connectivity index is 2.13. The van der Waals surface area contributed by atoms with Gasteiger partial charge in [-0.3, -0.25) is 0 Å². The summed E-state index contributed by atoms with van der Waals surface area (Å²) in [5, 5.41) is 0. The van der Waals surface area contributed by atoms with Gasteiger partial charge in [-0.2, -0.15) is 0 Å². The summed E-state index contributed by atoms with van der Waals surface area (Å²) in [7, 11) is 1.38. The third kappa shape index (κ3) is 2.74. The van der Waals surface area contributed by atoms with Crippen molar-refractivity contribution in [2.75, 3.05) is 25.1 Å². The van der Waals surface area contributed by atoms with Crippen molar-refractivity contribution in [2.45, 2.75) is 18.9 Å². The molecule has 0 amide bonds. The quantitative estimate of drug-likeness (QED) is 0.768. The lowest BCUT2D eigenvalue weighted by Gasteiger charge is -2.31. The highest BCUT2D eigenvalue weighted by atomic mass is 16.5. The molecule has 1 saturated heterocycles. The number of hydrogen-bond acceptors (Lipinski definition) is 5. The van der Waals surface area contributed by atoms with Crippen LogP contribution in [0.25, 0.3) is 0 Å². The number of anilines is 1. The van der Waals surface area contributed by atoms with Crippen LogP contribution < -0.4 is 10.6 Å². The first-order valence-corrected chi connectivity index (χ1v) is 5.75. The summed E-state index contributed by atoms with van der Waals surface area (Å²) in [6, 6.07) is 3.71. The summed E-state index contributed by atoms with van der Waals surface area (Å²) in [5.74, 6) is 0.488. The van der Waals surface area contributed by atoms with Crippen molar-refractivity contribution in [3.05, 3.63) is 23.9 Å². The lowest BCUT2D eigenvalue weighted by Crippen LogP contribution is -2.40. The fourth-order valence-corrected chi connectivity index (χ4v) is 1.96. The molecule has 0 saturated carbocycles. The molecule has 0 spiro atoms. The van der Waals surface area contributed by atoms with E-state index in [2.05, 4.69) is 9.88 Å². The zero-order chi connectivity index (χ0) is 12.3. The Labute approximate surface area is 101 Å². The van der Waals surface area contributed by atoms with E-state index < -0.39 is 0 Å². The van der Waals surface area contributed by atoms with Gasteiger partial charge in [0.1, 0.15) is 5.82 Å². The largest absolute Gasteiger partial charge is 0.465 e. The van der Waals surface area contributed by atoms with Crippen LogP contribution in [0.2, 0.25) is 0 Å². The molecule has 1 aromatic heterocycles. The number of hydrogen-bond donors (Lipinski definition) is 1. The Morgan fingerprint density at radius 3 is 2.88 bits per heavy atom. The minimum Gasteiger partial charge on any atom is -0.465 e. The van der Waals surface area contributed by atoms with E-state index in [1.165, 1.54) is 7.11 Å². The van der Waals surface area contributed by atoms with E-state index in [0.717, 1.165) is 31.7 Å². The maximum absolute atomic E-state index is 11.4. The van der Waals surface area contributed by atoms with Crippen molar-refractivity contribution in [2.24, 2.45) is 5.73 Å². The van der Waals surface area contributed by atoms with Crippen LogP contribution in [0, 0.1) is 0 Å². The third-order valence-electron chi connectivity index (χ3n) is 3.03. The number of ether oxygens (including phenoxy) is 1. The Kier molecular flexibility index (Phi) is 3.58. The smallest absolute Gasteiger partial charge is 0.338 e. The van der Waals surface area contributed by atoms with Gasteiger partial charge in [-0.15, -0.1) is 0 Å². The molecule has 2 heterocycles. The molecule has 5 heteroatoms. The number of nitrogens with zero attached hydrogens (tertiary/aromatic N) is 2. The second kappa shape index (κ2) is 5.14. The predicted octanol–water partition coefficient (Wildman–Crippen LogP) is 0.796. The number of piperidine rings is 1. The van der Waals surface area contributed by atoms with Gasteiger partial charge in [0.2, 0.25) is 0 Å². The van der Waals surface area contributed by atoms with Gasteiger partial charge in [0.05, 0.1) is 12.7 Å². The van der Waals surface area contributed by atoms with Crippen molar-refractivity contribution in [1.29, 1.82) is 0 Å². The molecular weight excluding hydrogens is 218 g/mol. The number of pyridine rings is 1. The maximum Gasteiger partial charge on any atom is 0.338 e. The molecule has 2 rings (SSSR count). The molecule has 92 valence electrons. The zero-order valence-corrected chi connectivity index (χ0v) is 9.93. The van der Waals surface area contributed by atoms with Crippen molar-refractivity contribution < 1.29 is 9.53 Å². The van der Waals surface area contributed by atoms with Gasteiger partial charge in [-0.25, -0.2) is 9.78 Å². The Hall–Kier alpha value is -1.62. The summed E-state index contributed by atoms with van der Waals surface area (Å²) in [4.78, 5) is 17.8. The highest BCUT2D eigenvalue weighted by Gasteiger charge is 2.18. The monoisotopic (exact) mass is 235 g/mol. The normalized spacial score (nSPS) is 16.9. The Morgan fingerprint density at radius 2 is 2.24 bits per heavy atom. The molecule has 17 heavy (non-hydrogen) atoms. The van der Waals surface area contributed by atoms with Crippen LogP contribution in [0.4, 0.5) is 5.82 Å². The minimum atomic E-state index is -0.331. The van der Waals surface area contributed by atoms with E-state index >= 15 is 0 Å². The highest BCUT2D eigenvalue weighted by molar-refractivity contribution is 5.90. The van der Waals surface area contributed by atoms with Crippen molar-refractivity contribution in [3.8, 4) is 0 Å². The topological polar surface area (TPSA) is 68.5 Å². The van der Waals surface area contributed by atoms with Crippen molar-refractivity contribution in [3.63, 3.8) is 0 Å². The fraction of sp³-hybridized carbons (Fsp3) is 0.500. The van der Waals surface area contributed by atoms with Crippen LogP contribution in [0.15, 0.2) is 18.3 Å². The first-order valence-electron chi connectivity index (χ1n) is 5.75. The lowest BCUT2D eigenvalue weighted by molar-refractivity contribution is 0.0600. The first kappa shape index (κ1) is 11.9. The van der Waals surface area contributed by atoms with Gasteiger partial charge < -0.3 is 15.4 Å². The predicted molar refractivity (Wildman–Crippen MR) is 65.0 cm³/mol. The van der Waals surface area contributed by atoms with Gasteiger partial charge in [-0.05, 0) is 25.0 Å². The zero-order valence-electron chi connectivity index (χ0n) is 9.93. The number of esters is 1. The average molecular weight is 235 g/mol. The van der Waals surface area contributed by atoms with E-state index in [0.29, 0.717) is 5.56 Å². The standard InChI is InChI=1S/C12H17N3O2/c1-17-12(16)9-2-5-14-11(8-9)15-6-3-10(13)4-7-15/h2,5,8,10H,3-4,6-7,13H2,1H3. The molecule has 5 nitrogen and oxygen atoms in total. The first-order chi connectivity index (χ1) is 8.20. The summed E-state index contributed by atoms with van der Waals surface area (Å²) >= 11 is 0. The van der Waals surface area contributed by atoms with Crippen LogP contribution in [0.5, 0.6) is 0 Å². The molecule has 2 N–H and O–H groups in total. The van der Waals surface area contributed by atoms with E-state index in [1.807, 2.05) is 0 Å².